The number of nitrogens with zero attached hydrogens (tertiary/aromatic N) is 2. The Hall–Kier alpha value is -2.85. The second-order valence-corrected chi connectivity index (χ2v) is 6.65. The average Bonchev–Trinajstić information content (AvgIpc) is 3.06. The molecule has 26 heavy (non-hydrogen) atoms. The zero-order chi connectivity index (χ0) is 17.9. The summed E-state index contributed by atoms with van der Waals surface area (Å²) in [5.74, 6) is 0.800. The fourth-order valence-corrected chi connectivity index (χ4v) is 3.66. The minimum Gasteiger partial charge on any atom is -0.497 e. The van der Waals surface area contributed by atoms with E-state index in [1.54, 1.807) is 7.11 Å². The molecule has 0 bridgehead atoms. The molecule has 4 rings (SSSR count). The standard InChI is InChI=1S/C22H17BrN2O/c1-26-19-14-8-13-18(15-19)25-22(17-11-6-3-7-12-17)20(23)21(24-25)16-9-4-2-5-10-16/h2-15H,1H3. The van der Waals surface area contributed by atoms with Crippen LogP contribution >= 0.6 is 15.9 Å². The van der Waals surface area contributed by atoms with Crippen molar-refractivity contribution in [3.63, 3.8) is 0 Å². The van der Waals surface area contributed by atoms with Crippen molar-refractivity contribution in [2.24, 2.45) is 0 Å². The van der Waals surface area contributed by atoms with Crippen molar-refractivity contribution in [3.8, 4) is 34.0 Å². The lowest BCUT2D eigenvalue weighted by molar-refractivity contribution is 0.414. The molecule has 0 fully saturated rings. The molecule has 0 amide bonds. The molecule has 3 nitrogen and oxygen atoms in total. The predicted molar refractivity (Wildman–Crippen MR) is 109 cm³/mol. The first-order chi connectivity index (χ1) is 12.8. The van der Waals surface area contributed by atoms with Crippen molar-refractivity contribution in [3.05, 3.63) is 89.4 Å². The zero-order valence-electron chi connectivity index (χ0n) is 14.3. The van der Waals surface area contributed by atoms with Gasteiger partial charge in [-0.2, -0.15) is 5.10 Å². The van der Waals surface area contributed by atoms with Gasteiger partial charge in [0.05, 0.1) is 23.0 Å². The van der Waals surface area contributed by atoms with Gasteiger partial charge in [-0.05, 0) is 28.1 Å². The van der Waals surface area contributed by atoms with Crippen LogP contribution in [0, 0.1) is 0 Å². The number of benzene rings is 3. The van der Waals surface area contributed by atoms with Gasteiger partial charge in [0, 0.05) is 17.2 Å². The van der Waals surface area contributed by atoms with Crippen LogP contribution in [0.3, 0.4) is 0 Å². The highest BCUT2D eigenvalue weighted by Gasteiger charge is 2.19. The summed E-state index contributed by atoms with van der Waals surface area (Å²) in [6, 6.07) is 28.4. The Bertz CT molecular complexity index is 1030. The topological polar surface area (TPSA) is 27.1 Å². The molecule has 0 aliphatic carbocycles. The fourth-order valence-electron chi connectivity index (χ4n) is 2.95. The number of rotatable bonds is 4. The summed E-state index contributed by atoms with van der Waals surface area (Å²) in [4.78, 5) is 0. The smallest absolute Gasteiger partial charge is 0.121 e. The van der Waals surface area contributed by atoms with Crippen molar-refractivity contribution >= 4 is 15.9 Å². The Morgan fingerprint density at radius 3 is 2.12 bits per heavy atom. The van der Waals surface area contributed by atoms with Crippen molar-refractivity contribution in [1.29, 1.82) is 0 Å². The highest BCUT2D eigenvalue weighted by molar-refractivity contribution is 9.10. The van der Waals surface area contributed by atoms with E-state index < -0.39 is 0 Å². The first-order valence-corrected chi connectivity index (χ1v) is 9.11. The van der Waals surface area contributed by atoms with E-state index in [1.807, 2.05) is 65.3 Å². The van der Waals surface area contributed by atoms with Crippen LogP contribution in [-0.2, 0) is 0 Å². The minimum absolute atomic E-state index is 0.800. The monoisotopic (exact) mass is 404 g/mol. The Morgan fingerprint density at radius 2 is 1.46 bits per heavy atom. The number of hydrogen-bond donors (Lipinski definition) is 0. The molecule has 0 aliphatic heterocycles. The molecule has 128 valence electrons. The molecule has 1 aromatic heterocycles. The lowest BCUT2D eigenvalue weighted by atomic mass is 10.1. The zero-order valence-corrected chi connectivity index (χ0v) is 15.8. The molecule has 1 heterocycles. The Balaban J connectivity index is 1.97. The molecule has 0 spiro atoms. The highest BCUT2D eigenvalue weighted by atomic mass is 79.9. The van der Waals surface area contributed by atoms with Gasteiger partial charge in [0.2, 0.25) is 0 Å². The fraction of sp³-hybridized carbons (Fsp3) is 0.0455. The minimum atomic E-state index is 0.800. The van der Waals surface area contributed by atoms with Crippen LogP contribution < -0.4 is 4.74 Å². The first-order valence-electron chi connectivity index (χ1n) is 8.31. The van der Waals surface area contributed by atoms with Crippen LogP contribution in [0.15, 0.2) is 89.4 Å². The summed E-state index contributed by atoms with van der Waals surface area (Å²) in [5, 5.41) is 4.92. The maximum Gasteiger partial charge on any atom is 0.121 e. The summed E-state index contributed by atoms with van der Waals surface area (Å²) in [6.45, 7) is 0. The van der Waals surface area contributed by atoms with Crippen LogP contribution in [0.2, 0.25) is 0 Å². The van der Waals surface area contributed by atoms with Crippen molar-refractivity contribution in [2.75, 3.05) is 7.11 Å². The van der Waals surface area contributed by atoms with Crippen LogP contribution in [0.4, 0.5) is 0 Å². The third-order valence-electron chi connectivity index (χ3n) is 4.22. The average molecular weight is 405 g/mol. The molecule has 0 aliphatic rings. The molecule has 0 saturated heterocycles. The normalized spacial score (nSPS) is 10.7. The van der Waals surface area contributed by atoms with Gasteiger partial charge in [-0.1, -0.05) is 66.7 Å². The van der Waals surface area contributed by atoms with Crippen LogP contribution in [0.5, 0.6) is 5.75 Å². The van der Waals surface area contributed by atoms with Crippen molar-refractivity contribution in [1.82, 2.24) is 9.78 Å². The Morgan fingerprint density at radius 1 is 0.808 bits per heavy atom. The van der Waals surface area contributed by atoms with Crippen LogP contribution in [0.25, 0.3) is 28.2 Å². The second-order valence-electron chi connectivity index (χ2n) is 5.86. The molecule has 4 aromatic rings. The number of ether oxygens (including phenoxy) is 1. The SMILES string of the molecule is COc1cccc(-n2nc(-c3ccccc3)c(Br)c2-c2ccccc2)c1. The van der Waals surface area contributed by atoms with Gasteiger partial charge >= 0.3 is 0 Å². The molecular formula is C22H17BrN2O. The van der Waals surface area contributed by atoms with Gasteiger partial charge in [-0.3, -0.25) is 0 Å². The van der Waals surface area contributed by atoms with Crippen molar-refractivity contribution < 1.29 is 4.74 Å². The molecule has 0 N–H and O–H groups in total. The predicted octanol–water partition coefficient (Wildman–Crippen LogP) is 5.98. The molecule has 4 heteroatoms. The quantitative estimate of drug-likeness (QED) is 0.418. The van der Waals surface area contributed by atoms with E-state index in [4.69, 9.17) is 9.84 Å². The van der Waals surface area contributed by atoms with E-state index in [9.17, 15) is 0 Å². The summed E-state index contributed by atoms with van der Waals surface area (Å²) >= 11 is 3.79. The summed E-state index contributed by atoms with van der Waals surface area (Å²) < 4.78 is 8.32. The van der Waals surface area contributed by atoms with Gasteiger partial charge in [0.15, 0.2) is 0 Å². The lowest BCUT2D eigenvalue weighted by Crippen LogP contribution is -2.00. The Labute approximate surface area is 161 Å². The molecule has 0 saturated carbocycles. The maximum atomic E-state index is 5.39. The second kappa shape index (κ2) is 7.18. The van der Waals surface area contributed by atoms with Crippen LogP contribution in [-0.4, -0.2) is 16.9 Å². The number of methoxy groups -OCH3 is 1. The summed E-state index contributed by atoms with van der Waals surface area (Å²) in [5.41, 5.74) is 5.03. The molecule has 0 atom stereocenters. The van der Waals surface area contributed by atoms with Gasteiger partial charge in [0.1, 0.15) is 11.4 Å². The highest BCUT2D eigenvalue weighted by Crippen LogP contribution is 2.38. The maximum absolute atomic E-state index is 5.39. The van der Waals surface area contributed by atoms with Crippen molar-refractivity contribution in [2.45, 2.75) is 0 Å². The van der Waals surface area contributed by atoms with E-state index in [2.05, 4.69) is 40.2 Å². The first kappa shape index (κ1) is 16.6. The third kappa shape index (κ3) is 3.04. The van der Waals surface area contributed by atoms with E-state index in [1.165, 1.54) is 0 Å². The largest absolute Gasteiger partial charge is 0.497 e. The van der Waals surface area contributed by atoms with Crippen LogP contribution in [0.1, 0.15) is 0 Å². The van der Waals surface area contributed by atoms with Gasteiger partial charge in [-0.25, -0.2) is 4.68 Å². The molecule has 0 unspecified atom stereocenters. The molecule has 0 radical (unpaired) electrons. The summed E-state index contributed by atoms with van der Waals surface area (Å²) in [6.07, 6.45) is 0. The van der Waals surface area contributed by atoms with E-state index >= 15 is 0 Å². The van der Waals surface area contributed by atoms with Gasteiger partial charge < -0.3 is 4.74 Å². The van der Waals surface area contributed by atoms with Gasteiger partial charge in [0.25, 0.3) is 0 Å². The Kier molecular flexibility index (Phi) is 4.59. The summed E-state index contributed by atoms with van der Waals surface area (Å²) in [7, 11) is 1.67. The van der Waals surface area contributed by atoms with E-state index in [0.29, 0.717) is 0 Å². The number of halogens is 1. The molecular weight excluding hydrogens is 388 g/mol. The van der Waals surface area contributed by atoms with Gasteiger partial charge in [-0.15, -0.1) is 0 Å². The number of aromatic nitrogens is 2. The van der Waals surface area contributed by atoms with E-state index in [-0.39, 0.29) is 0 Å². The van der Waals surface area contributed by atoms with E-state index in [0.717, 1.165) is 38.4 Å². The molecule has 3 aromatic carbocycles. The third-order valence-corrected chi connectivity index (χ3v) is 4.97. The number of hydrogen-bond acceptors (Lipinski definition) is 2. The lowest BCUT2D eigenvalue weighted by Gasteiger charge is -2.09.